The van der Waals surface area contributed by atoms with Gasteiger partial charge in [0, 0.05) is 19.1 Å². The Hall–Kier alpha value is -2.48. The van der Waals surface area contributed by atoms with Crippen molar-refractivity contribution >= 4 is 21.4 Å². The Bertz CT molecular complexity index is 977. The maximum absolute atomic E-state index is 13.7. The highest BCUT2D eigenvalue weighted by atomic mass is 32.2. The smallest absolute Gasteiger partial charge is 0.254 e. The molecule has 0 atom stereocenters. The van der Waals surface area contributed by atoms with Crippen LogP contribution in [0.15, 0.2) is 47.6 Å². The molecule has 1 amide bonds. The van der Waals surface area contributed by atoms with Crippen molar-refractivity contribution < 1.29 is 17.6 Å². The fraction of sp³-hybridized carbons (Fsp3) is 0.429. The first-order chi connectivity index (χ1) is 13.6. The van der Waals surface area contributed by atoms with Gasteiger partial charge in [0.1, 0.15) is 5.82 Å². The number of aromatic nitrogens is 1. The third kappa shape index (κ3) is 4.58. The molecule has 1 fully saturated rings. The Kier molecular flexibility index (Phi) is 5.93. The van der Waals surface area contributed by atoms with Crippen LogP contribution in [0.25, 0.3) is 0 Å². The molecule has 156 valence electrons. The van der Waals surface area contributed by atoms with Crippen molar-refractivity contribution in [1.82, 2.24) is 10.3 Å². The number of benzene rings is 1. The second kappa shape index (κ2) is 8.10. The highest BCUT2D eigenvalue weighted by Crippen LogP contribution is 2.26. The molecule has 8 heteroatoms. The van der Waals surface area contributed by atoms with Gasteiger partial charge in [0.05, 0.1) is 22.2 Å². The lowest BCUT2D eigenvalue weighted by Gasteiger charge is -2.33. The van der Waals surface area contributed by atoms with Crippen molar-refractivity contribution in [3.63, 3.8) is 0 Å². The third-order valence-electron chi connectivity index (χ3n) is 5.12. The van der Waals surface area contributed by atoms with E-state index >= 15 is 0 Å². The summed E-state index contributed by atoms with van der Waals surface area (Å²) in [5.41, 5.74) is 0.895. The molecule has 2 aromatic rings. The number of pyridine rings is 1. The van der Waals surface area contributed by atoms with E-state index in [-0.39, 0.29) is 16.6 Å². The zero-order chi connectivity index (χ0) is 21.2. The second-order valence-electron chi connectivity index (χ2n) is 8.19. The van der Waals surface area contributed by atoms with E-state index in [0.29, 0.717) is 25.9 Å². The Labute approximate surface area is 171 Å². The van der Waals surface area contributed by atoms with Crippen LogP contribution in [0.5, 0.6) is 0 Å². The van der Waals surface area contributed by atoms with E-state index in [9.17, 15) is 17.6 Å². The molecule has 3 rings (SSSR count). The van der Waals surface area contributed by atoms with Gasteiger partial charge >= 0.3 is 0 Å². The highest BCUT2D eigenvalue weighted by molar-refractivity contribution is 7.92. The number of piperidine rings is 1. The molecule has 1 saturated heterocycles. The van der Waals surface area contributed by atoms with E-state index in [0.717, 1.165) is 5.69 Å². The lowest BCUT2D eigenvalue weighted by atomic mass is 10.0. The van der Waals surface area contributed by atoms with Crippen molar-refractivity contribution in [2.45, 2.75) is 49.4 Å². The van der Waals surface area contributed by atoms with Gasteiger partial charge in [0.2, 0.25) is 0 Å². The molecule has 0 aliphatic carbocycles. The molecule has 6 nitrogen and oxygen atoms in total. The minimum Gasteiger partial charge on any atom is -0.370 e. The summed E-state index contributed by atoms with van der Waals surface area (Å²) in [5.74, 6) is -0.932. The van der Waals surface area contributed by atoms with Crippen LogP contribution in [0.2, 0.25) is 0 Å². The van der Waals surface area contributed by atoms with Gasteiger partial charge in [0.15, 0.2) is 14.9 Å². The predicted octanol–water partition coefficient (Wildman–Crippen LogP) is 3.19. The third-order valence-corrected chi connectivity index (χ3v) is 7.52. The van der Waals surface area contributed by atoms with Crippen LogP contribution < -0.4 is 10.2 Å². The molecular weight excluding hydrogens is 393 g/mol. The number of nitrogens with zero attached hydrogens (tertiary/aromatic N) is 2. The highest BCUT2D eigenvalue weighted by Gasteiger charge is 2.32. The van der Waals surface area contributed by atoms with Crippen LogP contribution in [0.3, 0.4) is 0 Å². The fourth-order valence-corrected chi connectivity index (χ4v) is 4.29. The van der Waals surface area contributed by atoms with Gasteiger partial charge in [-0.1, -0.05) is 12.1 Å². The summed E-state index contributed by atoms with van der Waals surface area (Å²) in [6.45, 7) is 6.33. The van der Waals surface area contributed by atoms with Gasteiger partial charge in [0.25, 0.3) is 5.91 Å². The number of carbonyl (C=O) groups excluding carboxylic acids is 1. The molecule has 29 heavy (non-hydrogen) atoms. The van der Waals surface area contributed by atoms with Crippen LogP contribution in [-0.2, 0) is 9.84 Å². The number of sulfone groups is 1. The van der Waals surface area contributed by atoms with E-state index in [1.54, 1.807) is 51.2 Å². The fourth-order valence-electron chi connectivity index (χ4n) is 3.22. The van der Waals surface area contributed by atoms with Crippen molar-refractivity contribution in [1.29, 1.82) is 0 Å². The number of rotatable bonds is 4. The molecule has 0 unspecified atom stereocenters. The molecule has 1 N–H and O–H groups in total. The zero-order valence-electron chi connectivity index (χ0n) is 16.9. The number of hydrogen-bond acceptors (Lipinski definition) is 5. The Morgan fingerprint density at radius 3 is 2.34 bits per heavy atom. The Balaban J connectivity index is 1.60. The first kappa shape index (κ1) is 21.2. The zero-order valence-corrected chi connectivity index (χ0v) is 17.7. The van der Waals surface area contributed by atoms with Crippen LogP contribution in [0, 0.1) is 5.82 Å². The minimum absolute atomic E-state index is 0.0353. The first-order valence-corrected chi connectivity index (χ1v) is 11.1. The molecule has 0 bridgehead atoms. The molecule has 1 aromatic carbocycles. The van der Waals surface area contributed by atoms with Gasteiger partial charge in [-0.15, -0.1) is 0 Å². The molecular formula is C21H26FN3O3S. The molecule has 0 saturated carbocycles. The molecule has 1 aliphatic rings. The van der Waals surface area contributed by atoms with Crippen molar-refractivity contribution in [3.05, 3.63) is 54.0 Å². The minimum atomic E-state index is -3.48. The Morgan fingerprint density at radius 2 is 1.79 bits per heavy atom. The number of carbonyl (C=O) groups is 1. The number of nitrogens with one attached hydrogen (secondary N) is 1. The van der Waals surface area contributed by atoms with Crippen molar-refractivity contribution in [3.8, 4) is 0 Å². The van der Waals surface area contributed by atoms with Crippen molar-refractivity contribution in [2.75, 3.05) is 18.0 Å². The molecule has 0 radical (unpaired) electrons. The van der Waals surface area contributed by atoms with Gasteiger partial charge < -0.3 is 10.2 Å². The number of anilines is 1. The van der Waals surface area contributed by atoms with Crippen LogP contribution >= 0.6 is 0 Å². The summed E-state index contributed by atoms with van der Waals surface area (Å²) in [6, 6.07) is 9.21. The standard InChI is InChI=1S/C21H26FN3O3S/c1-21(2,3)29(27,28)19-9-8-16(14-23-19)25-12-10-15(11-13-25)24-20(26)17-6-4-5-7-18(17)22/h4-9,14-15H,10-13H2,1-3H3,(H,24,26). The van der Waals surface area contributed by atoms with Gasteiger partial charge in [-0.25, -0.2) is 17.8 Å². The lowest BCUT2D eigenvalue weighted by molar-refractivity contribution is 0.0927. The predicted molar refractivity (Wildman–Crippen MR) is 110 cm³/mol. The first-order valence-electron chi connectivity index (χ1n) is 9.60. The average molecular weight is 420 g/mol. The average Bonchev–Trinajstić information content (AvgIpc) is 2.68. The SMILES string of the molecule is CC(C)(C)S(=O)(=O)c1ccc(N2CCC(NC(=O)c3ccccc3F)CC2)cn1. The van der Waals surface area contributed by atoms with Crippen LogP contribution in [-0.4, -0.2) is 43.2 Å². The van der Waals surface area contributed by atoms with E-state index in [2.05, 4.69) is 15.2 Å². The summed E-state index contributed by atoms with van der Waals surface area (Å²) < 4.78 is 37.8. The summed E-state index contributed by atoms with van der Waals surface area (Å²) in [4.78, 5) is 18.5. The normalized spacial score (nSPS) is 15.9. The van der Waals surface area contributed by atoms with Crippen molar-refractivity contribution in [2.24, 2.45) is 0 Å². The van der Waals surface area contributed by atoms with E-state index < -0.39 is 26.3 Å². The number of amides is 1. The number of halogens is 1. The van der Waals surface area contributed by atoms with Crippen LogP contribution in [0.1, 0.15) is 44.0 Å². The monoisotopic (exact) mass is 419 g/mol. The second-order valence-corrected chi connectivity index (χ2v) is 10.8. The van der Waals surface area contributed by atoms with E-state index in [1.165, 1.54) is 12.1 Å². The van der Waals surface area contributed by atoms with E-state index in [4.69, 9.17) is 0 Å². The maximum Gasteiger partial charge on any atom is 0.254 e. The van der Waals surface area contributed by atoms with E-state index in [1.807, 2.05) is 0 Å². The molecule has 1 aliphatic heterocycles. The van der Waals surface area contributed by atoms with Gasteiger partial charge in [-0.3, -0.25) is 4.79 Å². The van der Waals surface area contributed by atoms with Gasteiger partial charge in [-0.2, -0.15) is 0 Å². The number of hydrogen-bond donors (Lipinski definition) is 1. The summed E-state index contributed by atoms with van der Waals surface area (Å²) >= 11 is 0. The molecule has 0 spiro atoms. The molecule has 2 heterocycles. The maximum atomic E-state index is 13.7. The Morgan fingerprint density at radius 1 is 1.14 bits per heavy atom. The summed E-state index contributed by atoms with van der Waals surface area (Å²) in [7, 11) is -3.48. The summed E-state index contributed by atoms with van der Waals surface area (Å²) in [5, 5.41) is 2.96. The van der Waals surface area contributed by atoms with Crippen LogP contribution in [0.4, 0.5) is 10.1 Å². The topological polar surface area (TPSA) is 79.4 Å². The largest absolute Gasteiger partial charge is 0.370 e. The summed E-state index contributed by atoms with van der Waals surface area (Å²) in [6.07, 6.45) is 3.00. The quantitative estimate of drug-likeness (QED) is 0.823. The lowest BCUT2D eigenvalue weighted by Crippen LogP contribution is -2.45. The molecule has 1 aromatic heterocycles. The van der Waals surface area contributed by atoms with Gasteiger partial charge in [-0.05, 0) is 57.9 Å².